The van der Waals surface area contributed by atoms with Crippen LogP contribution in [0, 0.1) is 56.7 Å². The van der Waals surface area contributed by atoms with E-state index in [-0.39, 0.29) is 11.6 Å². The maximum Gasteiger partial charge on any atom is 0.189 e. The van der Waals surface area contributed by atoms with Gasteiger partial charge in [0.15, 0.2) is 16.9 Å². The van der Waals surface area contributed by atoms with Crippen LogP contribution in [0.15, 0.2) is 29.8 Å². The molecule has 1 unspecified atom stereocenters. The normalized spacial score (nSPS) is 26.9. The van der Waals surface area contributed by atoms with Crippen molar-refractivity contribution in [2.45, 2.75) is 19.8 Å². The Bertz CT molecular complexity index is 980. The first kappa shape index (κ1) is 21.4. The third-order valence-corrected chi connectivity index (χ3v) is 6.01. The predicted molar refractivity (Wildman–Crippen MR) is 110 cm³/mol. The largest absolute Gasteiger partial charge is 0.490 e. The molecule has 1 aliphatic heterocycles. The Kier molecular flexibility index (Phi) is 6.11. The van der Waals surface area contributed by atoms with E-state index in [9.17, 15) is 15.8 Å². The fourth-order valence-electron chi connectivity index (χ4n) is 4.69. The maximum absolute atomic E-state index is 10.1. The molecule has 0 saturated heterocycles. The van der Waals surface area contributed by atoms with Gasteiger partial charge in [-0.25, -0.2) is 0 Å². The summed E-state index contributed by atoms with van der Waals surface area (Å²) in [7, 11) is 2.05. The van der Waals surface area contributed by atoms with Crippen LogP contribution in [-0.4, -0.2) is 39.1 Å². The molecule has 1 fully saturated rings. The van der Waals surface area contributed by atoms with Crippen LogP contribution in [0.2, 0.25) is 0 Å². The van der Waals surface area contributed by atoms with Crippen molar-refractivity contribution in [3.63, 3.8) is 0 Å². The number of benzene rings is 1. The van der Waals surface area contributed by atoms with E-state index in [0.29, 0.717) is 31.3 Å². The summed E-state index contributed by atoms with van der Waals surface area (Å²) < 4.78 is 11.4. The van der Waals surface area contributed by atoms with Gasteiger partial charge in [-0.3, -0.25) is 0 Å². The van der Waals surface area contributed by atoms with E-state index in [0.717, 1.165) is 17.7 Å². The molecular weight excluding hydrogens is 378 g/mol. The summed E-state index contributed by atoms with van der Waals surface area (Å²) in [5, 5.41) is 38.7. The van der Waals surface area contributed by atoms with Crippen molar-refractivity contribution < 1.29 is 14.4 Å². The molecule has 0 amide bonds. The van der Waals surface area contributed by atoms with Crippen molar-refractivity contribution in [1.82, 2.24) is 0 Å². The SMILES string of the molecule is CCOc1ccc([C@@H]2[C@H]3C[NH+](C)CC=C3[C@@H](C#N)C(=N)C2(C#N)C#N)cc1OCC. The van der Waals surface area contributed by atoms with Crippen LogP contribution in [0.25, 0.3) is 0 Å². The fourth-order valence-corrected chi connectivity index (χ4v) is 4.69. The van der Waals surface area contributed by atoms with E-state index in [1.807, 2.05) is 32.1 Å². The van der Waals surface area contributed by atoms with Crippen molar-refractivity contribution in [3.05, 3.63) is 35.4 Å². The average Bonchev–Trinajstić information content (AvgIpc) is 2.75. The molecule has 1 aliphatic carbocycles. The Morgan fingerprint density at radius 1 is 1.13 bits per heavy atom. The summed E-state index contributed by atoms with van der Waals surface area (Å²) in [5.74, 6) is -0.443. The summed E-state index contributed by atoms with van der Waals surface area (Å²) in [6, 6.07) is 11.9. The third kappa shape index (κ3) is 3.30. The van der Waals surface area contributed by atoms with Crippen LogP contribution in [0.3, 0.4) is 0 Å². The molecule has 1 saturated carbocycles. The number of fused-ring (bicyclic) bond motifs is 1. The van der Waals surface area contributed by atoms with E-state index < -0.39 is 17.3 Å². The predicted octanol–water partition coefficient (Wildman–Crippen LogP) is 1.85. The van der Waals surface area contributed by atoms with Gasteiger partial charge in [-0.05, 0) is 43.2 Å². The first-order valence-electron chi connectivity index (χ1n) is 10.2. The highest BCUT2D eigenvalue weighted by molar-refractivity contribution is 6.00. The fraction of sp³-hybridized carbons (Fsp3) is 0.478. The molecule has 7 heteroatoms. The second-order valence-corrected chi connectivity index (χ2v) is 7.73. The van der Waals surface area contributed by atoms with Crippen molar-refractivity contribution in [2.75, 3.05) is 33.4 Å². The molecule has 1 aromatic rings. The Balaban J connectivity index is 2.23. The summed E-state index contributed by atoms with van der Waals surface area (Å²) in [4.78, 5) is 1.24. The molecule has 2 aliphatic rings. The van der Waals surface area contributed by atoms with Gasteiger partial charge in [0, 0.05) is 11.8 Å². The topological polar surface area (TPSA) is 118 Å². The van der Waals surface area contributed by atoms with Crippen LogP contribution in [0.5, 0.6) is 11.5 Å². The van der Waals surface area contributed by atoms with Gasteiger partial charge < -0.3 is 19.8 Å². The van der Waals surface area contributed by atoms with Crippen LogP contribution < -0.4 is 14.4 Å². The van der Waals surface area contributed by atoms with E-state index in [1.54, 1.807) is 6.07 Å². The number of hydrogen-bond donors (Lipinski definition) is 2. The minimum Gasteiger partial charge on any atom is -0.490 e. The molecule has 1 heterocycles. The molecule has 4 atom stereocenters. The minimum absolute atomic E-state index is 0.131. The molecule has 3 rings (SSSR count). The number of ether oxygens (including phenoxy) is 2. The number of hydrogen-bond acceptors (Lipinski definition) is 6. The van der Waals surface area contributed by atoms with Gasteiger partial charge in [0.2, 0.25) is 0 Å². The smallest absolute Gasteiger partial charge is 0.189 e. The van der Waals surface area contributed by atoms with Gasteiger partial charge in [0.05, 0.1) is 57.3 Å². The van der Waals surface area contributed by atoms with Crippen LogP contribution in [0.1, 0.15) is 25.3 Å². The summed E-state index contributed by atoms with van der Waals surface area (Å²) in [5.41, 5.74) is -0.242. The standard InChI is InChI=1S/C23H25N5O2/c1-4-29-19-7-6-15(10-20(19)30-5-2)21-18-12-28(3)9-8-16(18)17(11-24)22(27)23(21,13-25)14-26/h6-8,10,17-18,21,27H,4-5,9,12H2,1-3H3/p+1/t17-,18+,21-/m1/s1. The van der Waals surface area contributed by atoms with E-state index in [4.69, 9.17) is 14.9 Å². The maximum atomic E-state index is 10.1. The van der Waals surface area contributed by atoms with Gasteiger partial charge >= 0.3 is 0 Å². The van der Waals surface area contributed by atoms with Crippen LogP contribution >= 0.6 is 0 Å². The molecule has 0 bridgehead atoms. The number of nitrogens with zero attached hydrogens (tertiary/aromatic N) is 3. The highest BCUT2D eigenvalue weighted by Gasteiger charge is 2.58. The second-order valence-electron chi connectivity index (χ2n) is 7.73. The number of rotatable bonds is 5. The molecule has 2 N–H and O–H groups in total. The summed E-state index contributed by atoms with van der Waals surface area (Å²) >= 11 is 0. The molecule has 30 heavy (non-hydrogen) atoms. The van der Waals surface area contributed by atoms with Gasteiger partial charge in [-0.15, -0.1) is 0 Å². The van der Waals surface area contributed by atoms with E-state index in [1.165, 1.54) is 4.90 Å². The highest BCUT2D eigenvalue weighted by atomic mass is 16.5. The first-order chi connectivity index (χ1) is 14.5. The molecule has 1 aromatic carbocycles. The lowest BCUT2D eigenvalue weighted by Crippen LogP contribution is -3.10. The molecule has 0 radical (unpaired) electrons. The summed E-state index contributed by atoms with van der Waals surface area (Å²) in [6.07, 6.45) is 2.01. The molecule has 154 valence electrons. The van der Waals surface area contributed by atoms with Crippen LogP contribution in [0.4, 0.5) is 0 Å². The van der Waals surface area contributed by atoms with Gasteiger partial charge in [0.25, 0.3) is 0 Å². The highest BCUT2D eigenvalue weighted by Crippen LogP contribution is 2.53. The van der Waals surface area contributed by atoms with Gasteiger partial charge in [0.1, 0.15) is 5.92 Å². The van der Waals surface area contributed by atoms with Crippen molar-refractivity contribution >= 4 is 5.71 Å². The second kappa shape index (κ2) is 8.57. The number of likely N-dealkylation sites (N-methyl/N-ethyl adjacent to an activating group) is 1. The Morgan fingerprint density at radius 2 is 1.80 bits per heavy atom. The molecule has 7 nitrogen and oxygen atoms in total. The lowest BCUT2D eigenvalue weighted by atomic mass is 9.54. The zero-order valence-corrected chi connectivity index (χ0v) is 17.5. The monoisotopic (exact) mass is 404 g/mol. The van der Waals surface area contributed by atoms with E-state index in [2.05, 4.69) is 25.3 Å². The quantitative estimate of drug-likeness (QED) is 0.726. The molecular formula is C23H26N5O2+. The lowest BCUT2D eigenvalue weighted by molar-refractivity contribution is -0.878. The first-order valence-corrected chi connectivity index (χ1v) is 10.2. The Hall–Kier alpha value is -3.34. The minimum atomic E-state index is -1.71. The molecule has 0 aromatic heterocycles. The van der Waals surface area contributed by atoms with Gasteiger partial charge in [-0.1, -0.05) is 6.07 Å². The number of nitriles is 3. The van der Waals surface area contributed by atoms with Gasteiger partial charge in [-0.2, -0.15) is 15.8 Å². The Morgan fingerprint density at radius 3 is 2.40 bits per heavy atom. The number of nitrogens with one attached hydrogen (secondary N) is 2. The van der Waals surface area contributed by atoms with Crippen molar-refractivity contribution in [3.8, 4) is 29.7 Å². The third-order valence-electron chi connectivity index (χ3n) is 6.01. The van der Waals surface area contributed by atoms with Crippen LogP contribution in [-0.2, 0) is 0 Å². The zero-order valence-electron chi connectivity index (χ0n) is 17.5. The zero-order chi connectivity index (χ0) is 21.9. The van der Waals surface area contributed by atoms with E-state index >= 15 is 0 Å². The molecule has 0 spiro atoms. The van der Waals surface area contributed by atoms with Crippen molar-refractivity contribution in [2.24, 2.45) is 17.3 Å². The van der Waals surface area contributed by atoms with Crippen molar-refractivity contribution in [1.29, 1.82) is 21.2 Å². The summed E-state index contributed by atoms with van der Waals surface area (Å²) in [6.45, 7) is 6.15. The lowest BCUT2D eigenvalue weighted by Gasteiger charge is -2.46. The number of quaternary nitrogens is 1. The Labute approximate surface area is 177 Å². The average molecular weight is 404 g/mol.